The highest BCUT2D eigenvalue weighted by atomic mass is 19.1. The topological polar surface area (TPSA) is 59.8 Å². The summed E-state index contributed by atoms with van der Waals surface area (Å²) in [7, 11) is 0. The smallest absolute Gasteiger partial charge is 0.255 e. The molecule has 1 N–H and O–H groups in total. The van der Waals surface area contributed by atoms with Crippen molar-refractivity contribution in [3.63, 3.8) is 0 Å². The van der Waals surface area contributed by atoms with E-state index in [1.807, 2.05) is 17.7 Å². The number of nitrogens with zero attached hydrogens (tertiary/aromatic N) is 3. The van der Waals surface area contributed by atoms with Gasteiger partial charge in [-0.25, -0.2) is 9.07 Å². The van der Waals surface area contributed by atoms with Crippen LogP contribution in [0.25, 0.3) is 11.0 Å². The third-order valence-corrected chi connectivity index (χ3v) is 4.33. The van der Waals surface area contributed by atoms with Crippen LogP contribution in [0, 0.1) is 12.7 Å². The summed E-state index contributed by atoms with van der Waals surface area (Å²) in [5, 5.41) is 11.1. The van der Waals surface area contributed by atoms with Crippen molar-refractivity contribution < 1.29 is 9.18 Å². The molecule has 0 spiro atoms. The number of aromatic nitrogens is 3. The zero-order chi connectivity index (χ0) is 18.8. The van der Waals surface area contributed by atoms with E-state index in [-0.39, 0.29) is 11.7 Å². The maximum atomic E-state index is 13.0. The van der Waals surface area contributed by atoms with Crippen molar-refractivity contribution in [2.24, 2.45) is 0 Å². The van der Waals surface area contributed by atoms with E-state index in [1.165, 1.54) is 29.8 Å². The Morgan fingerprint density at radius 3 is 2.52 bits per heavy atom. The van der Waals surface area contributed by atoms with Gasteiger partial charge in [0.1, 0.15) is 11.3 Å². The summed E-state index contributed by atoms with van der Waals surface area (Å²) >= 11 is 0. The van der Waals surface area contributed by atoms with E-state index in [0.29, 0.717) is 23.3 Å². The molecule has 0 unspecified atom stereocenters. The highest BCUT2D eigenvalue weighted by Crippen LogP contribution is 2.17. The number of rotatable bonds is 4. The first-order valence-corrected chi connectivity index (χ1v) is 8.54. The van der Waals surface area contributed by atoms with Gasteiger partial charge in [-0.05, 0) is 55.0 Å². The van der Waals surface area contributed by atoms with Gasteiger partial charge in [-0.15, -0.1) is 5.10 Å². The van der Waals surface area contributed by atoms with Crippen molar-refractivity contribution in [2.45, 2.75) is 13.5 Å². The second kappa shape index (κ2) is 6.99. The molecule has 1 heterocycles. The van der Waals surface area contributed by atoms with Gasteiger partial charge < -0.3 is 5.32 Å². The molecular formula is C21H17FN4O. The summed E-state index contributed by atoms with van der Waals surface area (Å²) < 4.78 is 14.8. The lowest BCUT2D eigenvalue weighted by Crippen LogP contribution is -2.11. The van der Waals surface area contributed by atoms with Gasteiger partial charge in [0.25, 0.3) is 5.91 Å². The van der Waals surface area contributed by atoms with Crippen LogP contribution in [0.4, 0.5) is 10.1 Å². The lowest BCUT2D eigenvalue weighted by atomic mass is 10.1. The van der Waals surface area contributed by atoms with Gasteiger partial charge in [-0.2, -0.15) is 0 Å². The summed E-state index contributed by atoms with van der Waals surface area (Å²) in [6, 6.07) is 19.2. The molecule has 3 aromatic carbocycles. The van der Waals surface area contributed by atoms with Gasteiger partial charge >= 0.3 is 0 Å². The van der Waals surface area contributed by atoms with Gasteiger partial charge in [0, 0.05) is 11.3 Å². The summed E-state index contributed by atoms with van der Waals surface area (Å²) in [5.74, 6) is -0.629. The minimum Gasteiger partial charge on any atom is -0.322 e. The molecule has 0 atom stereocenters. The maximum absolute atomic E-state index is 13.0. The fraction of sp³-hybridized carbons (Fsp3) is 0.0952. The Morgan fingerprint density at radius 1 is 1.04 bits per heavy atom. The van der Waals surface area contributed by atoms with E-state index in [0.717, 1.165) is 11.1 Å². The van der Waals surface area contributed by atoms with Crippen LogP contribution in [0.2, 0.25) is 0 Å². The molecule has 5 nitrogen and oxygen atoms in total. The second-order valence-corrected chi connectivity index (χ2v) is 6.40. The van der Waals surface area contributed by atoms with Crippen molar-refractivity contribution in [3.05, 3.63) is 89.2 Å². The van der Waals surface area contributed by atoms with Crippen LogP contribution < -0.4 is 5.32 Å². The molecule has 27 heavy (non-hydrogen) atoms. The molecule has 1 aromatic heterocycles. The van der Waals surface area contributed by atoms with E-state index < -0.39 is 0 Å². The number of anilines is 1. The lowest BCUT2D eigenvalue weighted by Gasteiger charge is -2.06. The third-order valence-electron chi connectivity index (χ3n) is 4.33. The van der Waals surface area contributed by atoms with Crippen LogP contribution in [0.1, 0.15) is 21.5 Å². The lowest BCUT2D eigenvalue weighted by molar-refractivity contribution is 0.102. The van der Waals surface area contributed by atoms with Crippen LogP contribution in [0.3, 0.4) is 0 Å². The van der Waals surface area contributed by atoms with E-state index in [1.54, 1.807) is 12.1 Å². The summed E-state index contributed by atoms with van der Waals surface area (Å²) in [6.45, 7) is 2.66. The van der Waals surface area contributed by atoms with E-state index >= 15 is 0 Å². The molecule has 1 amide bonds. The molecule has 0 fully saturated rings. The predicted molar refractivity (Wildman–Crippen MR) is 102 cm³/mol. The number of amides is 1. The number of hydrogen-bond acceptors (Lipinski definition) is 3. The minimum absolute atomic E-state index is 0.281. The van der Waals surface area contributed by atoms with Crippen LogP contribution in [-0.4, -0.2) is 20.9 Å². The van der Waals surface area contributed by atoms with Gasteiger partial charge in [0.2, 0.25) is 0 Å². The maximum Gasteiger partial charge on any atom is 0.255 e. The molecule has 0 aliphatic rings. The molecule has 0 saturated carbocycles. The number of carbonyl (C=O) groups excluding carboxylic acids is 1. The third kappa shape index (κ3) is 3.69. The number of fused-ring (bicyclic) bond motifs is 1. The molecule has 0 aliphatic carbocycles. The summed E-state index contributed by atoms with van der Waals surface area (Å²) in [6.07, 6.45) is 0. The van der Waals surface area contributed by atoms with E-state index in [9.17, 15) is 9.18 Å². The molecule has 0 saturated heterocycles. The molecule has 0 radical (unpaired) electrons. The Hall–Kier alpha value is -3.54. The second-order valence-electron chi connectivity index (χ2n) is 6.40. The minimum atomic E-state index is -0.348. The quantitative estimate of drug-likeness (QED) is 0.594. The van der Waals surface area contributed by atoms with Crippen LogP contribution >= 0.6 is 0 Å². The normalized spacial score (nSPS) is 10.9. The highest BCUT2D eigenvalue weighted by molar-refractivity contribution is 6.05. The average Bonchev–Trinajstić information content (AvgIpc) is 3.07. The molecular weight excluding hydrogens is 343 g/mol. The predicted octanol–water partition coefficient (Wildman–Crippen LogP) is 4.18. The van der Waals surface area contributed by atoms with Gasteiger partial charge in [-0.3, -0.25) is 4.79 Å². The summed E-state index contributed by atoms with van der Waals surface area (Å²) in [4.78, 5) is 12.4. The SMILES string of the molecule is Cc1ccc(Cn2nnc3cc(C(=O)Nc4ccc(F)cc4)ccc32)cc1. The zero-order valence-electron chi connectivity index (χ0n) is 14.7. The number of aryl methyl sites for hydroxylation is 1. The van der Waals surface area contributed by atoms with Gasteiger partial charge in [0.15, 0.2) is 0 Å². The molecule has 4 aromatic rings. The number of carbonyl (C=O) groups is 1. The van der Waals surface area contributed by atoms with Crippen molar-refractivity contribution >= 4 is 22.6 Å². The monoisotopic (exact) mass is 360 g/mol. The van der Waals surface area contributed by atoms with Crippen LogP contribution in [0.15, 0.2) is 66.7 Å². The average molecular weight is 360 g/mol. The molecule has 6 heteroatoms. The number of benzene rings is 3. The molecule has 0 bridgehead atoms. The summed E-state index contributed by atoms with van der Waals surface area (Å²) in [5.41, 5.74) is 4.84. The van der Waals surface area contributed by atoms with Crippen molar-refractivity contribution in [1.82, 2.24) is 15.0 Å². The van der Waals surface area contributed by atoms with E-state index in [2.05, 4.69) is 39.9 Å². The van der Waals surface area contributed by atoms with Crippen molar-refractivity contribution in [3.8, 4) is 0 Å². The van der Waals surface area contributed by atoms with Gasteiger partial charge in [-0.1, -0.05) is 35.0 Å². The first kappa shape index (κ1) is 16.9. The number of hydrogen-bond donors (Lipinski definition) is 1. The standard InChI is InChI=1S/C21H17FN4O/c1-14-2-4-15(5-3-14)13-26-20-11-6-16(12-19(20)24-25-26)21(27)23-18-9-7-17(22)8-10-18/h2-12H,13H2,1H3,(H,23,27). The van der Waals surface area contributed by atoms with Crippen LogP contribution in [-0.2, 0) is 6.54 Å². The molecule has 0 aliphatic heterocycles. The Balaban J connectivity index is 1.55. The number of nitrogens with one attached hydrogen (secondary N) is 1. The zero-order valence-corrected chi connectivity index (χ0v) is 14.7. The molecule has 4 rings (SSSR count). The van der Waals surface area contributed by atoms with Crippen molar-refractivity contribution in [1.29, 1.82) is 0 Å². The van der Waals surface area contributed by atoms with Crippen LogP contribution in [0.5, 0.6) is 0 Å². The van der Waals surface area contributed by atoms with Crippen molar-refractivity contribution in [2.75, 3.05) is 5.32 Å². The number of halogens is 1. The Bertz CT molecular complexity index is 1100. The Morgan fingerprint density at radius 2 is 1.78 bits per heavy atom. The Kier molecular flexibility index (Phi) is 4.38. The fourth-order valence-corrected chi connectivity index (χ4v) is 2.83. The largest absolute Gasteiger partial charge is 0.322 e. The molecule has 134 valence electrons. The first-order chi connectivity index (χ1) is 13.1. The Labute approximate surface area is 155 Å². The van der Waals surface area contributed by atoms with E-state index in [4.69, 9.17) is 0 Å². The van der Waals surface area contributed by atoms with Gasteiger partial charge in [0.05, 0.1) is 12.1 Å². The highest BCUT2D eigenvalue weighted by Gasteiger charge is 2.11. The first-order valence-electron chi connectivity index (χ1n) is 8.54. The fourth-order valence-electron chi connectivity index (χ4n) is 2.83.